The fourth-order valence-electron chi connectivity index (χ4n) is 10.00. The molecule has 0 saturated heterocycles. The Kier molecular flexibility index (Phi) is 25.3. The number of Topliss-reactive ketones (excluding diaryl/α,β-unsaturated/α-hetero) is 5. The van der Waals surface area contributed by atoms with Gasteiger partial charge < -0.3 is 4.74 Å². The minimum Gasteiger partial charge on any atom is -0.369 e. The van der Waals surface area contributed by atoms with Gasteiger partial charge >= 0.3 is 0 Å². The van der Waals surface area contributed by atoms with E-state index in [2.05, 4.69) is 60.4 Å². The number of fused-ring (bicyclic) bond motifs is 3. The lowest BCUT2D eigenvalue weighted by molar-refractivity contribution is -0.131. The molecule has 2 aliphatic carbocycles. The summed E-state index contributed by atoms with van der Waals surface area (Å²) in [5.74, 6) is 6.44. The molecule has 8 nitrogen and oxygen atoms in total. The number of terminal acetylenes is 2. The van der Waals surface area contributed by atoms with Crippen LogP contribution in [0.5, 0.6) is 0 Å². The zero-order valence-corrected chi connectivity index (χ0v) is 54.2. The summed E-state index contributed by atoms with van der Waals surface area (Å²) in [6, 6.07) is 45.3. The number of carbonyl (C=O) groups excluding carboxylic acids is 5. The lowest BCUT2D eigenvalue weighted by atomic mass is 9.73. The average molecular weight is 1150 g/mol. The predicted octanol–water partition coefficient (Wildman–Crippen LogP) is 17.4. The van der Waals surface area contributed by atoms with Gasteiger partial charge in [-0.15, -0.1) is 12.8 Å². The molecule has 0 N–H and O–H groups in total. The summed E-state index contributed by atoms with van der Waals surface area (Å²) in [5.41, 5.74) is 9.45. The maximum Gasteiger partial charge on any atom is 0.163 e. The van der Waals surface area contributed by atoms with Gasteiger partial charge in [0.2, 0.25) is 0 Å². The van der Waals surface area contributed by atoms with E-state index >= 15 is 0 Å². The molecule has 86 heavy (non-hydrogen) atoms. The monoisotopic (exact) mass is 1150 g/mol. The molecular weight excluding hydrogens is 1060 g/mol. The van der Waals surface area contributed by atoms with Gasteiger partial charge in [-0.2, -0.15) is 10.5 Å². The van der Waals surface area contributed by atoms with E-state index in [1.807, 2.05) is 190 Å². The standard InChI is InChI=1S/C17H20O.C16H19NO.C16H18O.C15H18O2.C14H17NO/c1-5-12-9-10-14-13(11-12)7-6-8-15(14)16(18)17(2,3)4;1-16(2,3)15(18)14-6-4-5-12-9-11(10-17)7-8-13(12)14;1-16(2,3)15(17)11-12-8-9-13-6-4-5-7-14(13)10-12;1-5-12-6-8-13(9-7-12)10-17-11-14(16)15(2,3)4;1-10(13(16)14(2,3)4)12-7-5-11(9-15)6-8-12/h1,9-11,15H,6-8H2,2-4H3;7-9,14H,4-6H2,1-3H3;4-10H,11H2,1-3H3;1,6-9H,10-11H2,2-4H3;5-8,10H,1-4H3. The summed E-state index contributed by atoms with van der Waals surface area (Å²) in [6.45, 7) is 31.8. The van der Waals surface area contributed by atoms with E-state index in [0.717, 1.165) is 71.9 Å². The van der Waals surface area contributed by atoms with Crippen molar-refractivity contribution >= 4 is 39.7 Å². The molecule has 0 heterocycles. The minimum absolute atomic E-state index is 0.0153. The van der Waals surface area contributed by atoms with Crippen molar-refractivity contribution in [1.29, 1.82) is 10.5 Å². The van der Waals surface area contributed by atoms with Crippen molar-refractivity contribution in [3.63, 3.8) is 0 Å². The minimum atomic E-state index is -0.340. The Labute approximate surface area is 515 Å². The molecule has 0 aliphatic heterocycles. The summed E-state index contributed by atoms with van der Waals surface area (Å²) in [5, 5.41) is 20.0. The third-order valence-electron chi connectivity index (χ3n) is 15.5. The molecule has 450 valence electrons. The molecule has 6 aromatic rings. The predicted molar refractivity (Wildman–Crippen MR) is 350 cm³/mol. The molecule has 0 bridgehead atoms. The van der Waals surface area contributed by atoms with Crippen LogP contribution in [0.15, 0.2) is 127 Å². The molecule has 3 unspecified atom stereocenters. The van der Waals surface area contributed by atoms with E-state index in [0.29, 0.717) is 35.7 Å². The van der Waals surface area contributed by atoms with Gasteiger partial charge in [-0.1, -0.05) is 201 Å². The van der Waals surface area contributed by atoms with Crippen LogP contribution in [-0.2, 0) is 54.6 Å². The number of hydrogen-bond acceptors (Lipinski definition) is 8. The maximum absolute atomic E-state index is 12.5. The average Bonchev–Trinajstić information content (AvgIpc) is 1.53. The molecule has 0 fully saturated rings. The zero-order chi connectivity index (χ0) is 64.4. The smallest absolute Gasteiger partial charge is 0.163 e. The van der Waals surface area contributed by atoms with Gasteiger partial charge in [0.1, 0.15) is 29.7 Å². The van der Waals surface area contributed by atoms with Gasteiger partial charge in [-0.05, 0) is 137 Å². The lowest BCUT2D eigenvalue weighted by Gasteiger charge is -2.29. The van der Waals surface area contributed by atoms with Crippen molar-refractivity contribution in [3.8, 4) is 36.8 Å². The SMILES string of the molecule is C#Cc1ccc(COCC(=O)C(C)(C)C)cc1.C#Cc1ccc2c(c1)CCCC2C(=O)C(C)(C)C.CC(C(=O)C(C)(C)C)c1ccc(C#N)cc1.CC(C)(C)C(=O)C1CCCc2cc(C#N)ccc21.CC(C)(C)C(=O)Cc1ccc2ccccc2c1. The van der Waals surface area contributed by atoms with Crippen LogP contribution in [0, 0.1) is 74.4 Å². The van der Waals surface area contributed by atoms with Gasteiger partial charge in [0, 0.05) is 62.4 Å². The quantitative estimate of drug-likeness (QED) is 0.123. The second-order valence-corrected chi connectivity index (χ2v) is 27.8. The zero-order valence-electron chi connectivity index (χ0n) is 54.2. The van der Waals surface area contributed by atoms with Gasteiger partial charge in [0.05, 0.1) is 29.9 Å². The second kappa shape index (κ2) is 30.9. The molecule has 0 amide bonds. The fraction of sp³-hybridized carbons (Fsp3) is 0.423. The summed E-state index contributed by atoms with van der Waals surface area (Å²) in [7, 11) is 0. The lowest BCUT2D eigenvalue weighted by Crippen LogP contribution is -2.29. The number of nitriles is 2. The molecule has 0 radical (unpaired) electrons. The van der Waals surface area contributed by atoms with E-state index in [1.54, 1.807) is 12.1 Å². The van der Waals surface area contributed by atoms with Crippen LogP contribution in [0.3, 0.4) is 0 Å². The van der Waals surface area contributed by atoms with Crippen LogP contribution in [0.25, 0.3) is 10.8 Å². The number of rotatable bonds is 10. The van der Waals surface area contributed by atoms with Crippen LogP contribution in [0.1, 0.15) is 215 Å². The summed E-state index contributed by atoms with van der Waals surface area (Å²) in [4.78, 5) is 60.6. The first-order chi connectivity index (χ1) is 40.1. The van der Waals surface area contributed by atoms with Gasteiger partial charge in [-0.3, -0.25) is 24.0 Å². The van der Waals surface area contributed by atoms with Crippen molar-refractivity contribution < 1.29 is 28.7 Å². The molecule has 0 saturated carbocycles. The maximum atomic E-state index is 12.5. The highest BCUT2D eigenvalue weighted by atomic mass is 16.5. The Hall–Kier alpha value is -8.01. The molecule has 0 aromatic heterocycles. The van der Waals surface area contributed by atoms with E-state index in [4.69, 9.17) is 28.1 Å². The van der Waals surface area contributed by atoms with E-state index in [-0.39, 0.29) is 68.8 Å². The summed E-state index contributed by atoms with van der Waals surface area (Å²) in [6.07, 6.45) is 17.3. The summed E-state index contributed by atoms with van der Waals surface area (Å²) >= 11 is 0. The highest BCUT2D eigenvalue weighted by Gasteiger charge is 2.35. The third kappa shape index (κ3) is 21.2. The molecule has 6 aromatic carbocycles. The van der Waals surface area contributed by atoms with Gasteiger partial charge in [-0.25, -0.2) is 0 Å². The van der Waals surface area contributed by atoms with Crippen molar-refractivity contribution in [2.75, 3.05) is 6.61 Å². The van der Waals surface area contributed by atoms with Crippen LogP contribution >= 0.6 is 0 Å². The van der Waals surface area contributed by atoms with E-state index in [1.165, 1.54) is 27.5 Å². The number of nitrogens with zero attached hydrogens (tertiary/aromatic N) is 2. The number of carbonyl (C=O) groups is 5. The van der Waals surface area contributed by atoms with E-state index in [9.17, 15) is 24.0 Å². The second-order valence-electron chi connectivity index (χ2n) is 27.8. The molecule has 3 atom stereocenters. The van der Waals surface area contributed by atoms with Crippen LogP contribution in [0.4, 0.5) is 0 Å². The largest absolute Gasteiger partial charge is 0.369 e. The first-order valence-electron chi connectivity index (χ1n) is 30.1. The Balaban J connectivity index is 0.000000230. The van der Waals surface area contributed by atoms with Crippen LogP contribution < -0.4 is 0 Å². The molecule has 0 spiro atoms. The number of hydrogen-bond donors (Lipinski definition) is 0. The van der Waals surface area contributed by atoms with E-state index < -0.39 is 0 Å². The third-order valence-corrected chi connectivity index (χ3v) is 15.5. The van der Waals surface area contributed by atoms with Crippen molar-refractivity contribution in [2.45, 2.75) is 180 Å². The number of aryl methyl sites for hydroxylation is 2. The number of ketones is 5. The van der Waals surface area contributed by atoms with Crippen molar-refractivity contribution in [2.24, 2.45) is 27.1 Å². The Morgan fingerprint density at radius 2 is 0.942 bits per heavy atom. The molecule has 8 rings (SSSR count). The first kappa shape index (κ1) is 70.5. The van der Waals surface area contributed by atoms with Crippen molar-refractivity contribution in [1.82, 2.24) is 0 Å². The van der Waals surface area contributed by atoms with Crippen molar-refractivity contribution in [3.05, 3.63) is 189 Å². The molecule has 8 heteroatoms. The molecular formula is C78H92N2O6. The van der Waals surface area contributed by atoms with Gasteiger partial charge in [0.15, 0.2) is 5.78 Å². The Morgan fingerprint density at radius 1 is 0.500 bits per heavy atom. The topological polar surface area (TPSA) is 142 Å². The first-order valence-corrected chi connectivity index (χ1v) is 30.1. The molecule has 2 aliphatic rings. The number of ether oxygens (including phenoxy) is 1. The summed E-state index contributed by atoms with van der Waals surface area (Å²) < 4.78 is 5.38. The van der Waals surface area contributed by atoms with Crippen LogP contribution in [0.2, 0.25) is 0 Å². The van der Waals surface area contributed by atoms with Crippen LogP contribution in [-0.4, -0.2) is 35.5 Å². The fourth-order valence-corrected chi connectivity index (χ4v) is 10.00. The highest BCUT2D eigenvalue weighted by molar-refractivity contribution is 5.92. The van der Waals surface area contributed by atoms with Gasteiger partial charge in [0.25, 0.3) is 0 Å². The normalized spacial score (nSPS) is 14.8. The highest BCUT2D eigenvalue weighted by Crippen LogP contribution is 2.39. The Morgan fingerprint density at radius 3 is 1.40 bits per heavy atom. The Bertz CT molecular complexity index is 3400. The number of benzene rings is 6.